The lowest BCUT2D eigenvalue weighted by atomic mass is 10.2. The molecule has 0 fully saturated rings. The smallest absolute Gasteiger partial charge is 0.326 e. The number of halogens is 6. The Kier molecular flexibility index (Phi) is 5.81. The van der Waals surface area contributed by atoms with Crippen LogP contribution in [0.25, 0.3) is 0 Å². The zero-order valence-corrected chi connectivity index (χ0v) is 13.5. The summed E-state index contributed by atoms with van der Waals surface area (Å²) < 4.78 is 63.9. The van der Waals surface area contributed by atoms with Gasteiger partial charge in [0.15, 0.2) is 11.6 Å². The van der Waals surface area contributed by atoms with Crippen molar-refractivity contribution in [3.05, 3.63) is 58.6 Å². The van der Waals surface area contributed by atoms with Gasteiger partial charge in [-0.3, -0.25) is 9.59 Å². The highest BCUT2D eigenvalue weighted by Gasteiger charge is 2.31. The molecule has 10 heteroatoms. The number of benzene rings is 2. The molecule has 0 spiro atoms. The minimum absolute atomic E-state index is 0.0844. The monoisotopic (exact) mass is 392 g/mol. The molecule has 2 rings (SSSR count). The van der Waals surface area contributed by atoms with Crippen molar-refractivity contribution < 1.29 is 31.5 Å². The van der Waals surface area contributed by atoms with Crippen molar-refractivity contribution in [2.24, 2.45) is 0 Å². The molecular formula is C16H10ClF5N2O2. The zero-order chi connectivity index (χ0) is 19.5. The maximum absolute atomic E-state index is 13.0. The first-order chi connectivity index (χ1) is 12.1. The third kappa shape index (κ3) is 5.16. The minimum Gasteiger partial charge on any atom is -0.326 e. The standard InChI is InChI=1S/C16H10ClF5N2O2/c17-10-3-1-8(16(20,21)22)5-13(10)24-15(26)7-14(25)23-9-2-4-11(18)12(19)6-9/h1-6H,7H2,(H,23,25)(H,24,26). The third-order valence-corrected chi connectivity index (χ3v) is 3.42. The van der Waals surface area contributed by atoms with E-state index in [4.69, 9.17) is 11.6 Å². The maximum Gasteiger partial charge on any atom is 0.416 e. The molecule has 2 N–H and O–H groups in total. The van der Waals surface area contributed by atoms with Gasteiger partial charge in [0.2, 0.25) is 11.8 Å². The first kappa shape index (κ1) is 19.6. The molecule has 0 radical (unpaired) electrons. The molecule has 4 nitrogen and oxygen atoms in total. The molecule has 0 heterocycles. The first-order valence-electron chi connectivity index (χ1n) is 6.98. The van der Waals surface area contributed by atoms with Crippen molar-refractivity contribution >= 4 is 34.8 Å². The summed E-state index contributed by atoms with van der Waals surface area (Å²) in [6.07, 6.45) is -5.40. The van der Waals surface area contributed by atoms with E-state index in [9.17, 15) is 31.5 Å². The van der Waals surface area contributed by atoms with E-state index in [1.807, 2.05) is 0 Å². The number of carbonyl (C=O) groups excluding carboxylic acids is 2. The van der Waals surface area contributed by atoms with Crippen LogP contribution in [0.4, 0.5) is 33.3 Å². The molecule has 2 aromatic carbocycles. The van der Waals surface area contributed by atoms with Crippen LogP contribution in [0.5, 0.6) is 0 Å². The highest BCUT2D eigenvalue weighted by molar-refractivity contribution is 6.33. The summed E-state index contributed by atoms with van der Waals surface area (Å²) in [6.45, 7) is 0. The second-order valence-electron chi connectivity index (χ2n) is 5.09. The summed E-state index contributed by atoms with van der Waals surface area (Å²) in [4.78, 5) is 23.5. The molecular weight excluding hydrogens is 383 g/mol. The Labute approximate surface area is 149 Å². The number of nitrogens with one attached hydrogen (secondary N) is 2. The van der Waals surface area contributed by atoms with E-state index < -0.39 is 41.6 Å². The minimum atomic E-state index is -4.63. The second-order valence-corrected chi connectivity index (χ2v) is 5.50. The van der Waals surface area contributed by atoms with Crippen molar-refractivity contribution in [3.63, 3.8) is 0 Å². The van der Waals surface area contributed by atoms with Gasteiger partial charge < -0.3 is 10.6 Å². The largest absolute Gasteiger partial charge is 0.416 e. The number of rotatable bonds is 4. The predicted molar refractivity (Wildman–Crippen MR) is 84.7 cm³/mol. The molecule has 26 heavy (non-hydrogen) atoms. The first-order valence-corrected chi connectivity index (χ1v) is 7.35. The van der Waals surface area contributed by atoms with Crippen molar-refractivity contribution in [2.45, 2.75) is 12.6 Å². The van der Waals surface area contributed by atoms with Crippen molar-refractivity contribution in [2.75, 3.05) is 10.6 Å². The van der Waals surface area contributed by atoms with Crippen LogP contribution in [0.15, 0.2) is 36.4 Å². The third-order valence-electron chi connectivity index (χ3n) is 3.09. The highest BCUT2D eigenvalue weighted by Crippen LogP contribution is 2.33. The Morgan fingerprint density at radius 3 is 2.19 bits per heavy atom. The van der Waals surface area contributed by atoms with E-state index in [1.165, 1.54) is 0 Å². The van der Waals surface area contributed by atoms with Gasteiger partial charge in [0.05, 0.1) is 16.3 Å². The Balaban J connectivity index is 2.02. The molecule has 2 aromatic rings. The van der Waals surface area contributed by atoms with Gasteiger partial charge in [-0.15, -0.1) is 0 Å². The molecule has 0 aliphatic carbocycles. The summed E-state index contributed by atoms with van der Waals surface area (Å²) >= 11 is 5.73. The molecule has 0 unspecified atom stereocenters. The van der Waals surface area contributed by atoms with E-state index in [2.05, 4.69) is 10.6 Å². The fourth-order valence-corrected chi connectivity index (χ4v) is 2.08. The highest BCUT2D eigenvalue weighted by atomic mass is 35.5. The summed E-state index contributed by atoms with van der Waals surface area (Å²) in [5, 5.41) is 4.11. The topological polar surface area (TPSA) is 58.2 Å². The van der Waals surface area contributed by atoms with Crippen molar-refractivity contribution in [3.8, 4) is 0 Å². The van der Waals surface area contributed by atoms with Crippen LogP contribution in [0.3, 0.4) is 0 Å². The van der Waals surface area contributed by atoms with Crippen LogP contribution in [-0.4, -0.2) is 11.8 Å². The molecule has 0 saturated carbocycles. The average molecular weight is 393 g/mol. The zero-order valence-electron chi connectivity index (χ0n) is 12.8. The summed E-state index contributed by atoms with van der Waals surface area (Å²) in [5.74, 6) is -4.12. The number of alkyl halides is 3. The lowest BCUT2D eigenvalue weighted by Crippen LogP contribution is -2.22. The summed E-state index contributed by atoms with van der Waals surface area (Å²) in [5.41, 5.74) is -1.42. The van der Waals surface area contributed by atoms with Crippen molar-refractivity contribution in [1.29, 1.82) is 0 Å². The van der Waals surface area contributed by atoms with Crippen LogP contribution < -0.4 is 10.6 Å². The van der Waals surface area contributed by atoms with Gasteiger partial charge in [-0.05, 0) is 30.3 Å². The molecule has 0 saturated heterocycles. The van der Waals surface area contributed by atoms with Gasteiger partial charge >= 0.3 is 6.18 Å². The van der Waals surface area contributed by atoms with E-state index in [0.717, 1.165) is 30.3 Å². The molecule has 0 aliphatic rings. The van der Waals surface area contributed by atoms with Gasteiger partial charge in [0.25, 0.3) is 0 Å². The number of hydrogen-bond acceptors (Lipinski definition) is 2. The second kappa shape index (κ2) is 7.69. The van der Waals surface area contributed by atoms with E-state index in [1.54, 1.807) is 0 Å². The molecule has 0 bridgehead atoms. The Bertz CT molecular complexity index is 855. The van der Waals surface area contributed by atoms with Gasteiger partial charge in [-0.2, -0.15) is 13.2 Å². The van der Waals surface area contributed by atoms with Gasteiger partial charge in [-0.25, -0.2) is 8.78 Å². The number of carbonyl (C=O) groups is 2. The van der Waals surface area contributed by atoms with Crippen LogP contribution in [0, 0.1) is 11.6 Å². The maximum atomic E-state index is 13.0. The Morgan fingerprint density at radius 1 is 0.923 bits per heavy atom. The lowest BCUT2D eigenvalue weighted by molar-refractivity contribution is -0.137. The molecule has 0 atom stereocenters. The number of amides is 2. The molecule has 138 valence electrons. The predicted octanol–water partition coefficient (Wildman–Crippen LogP) is 4.60. The average Bonchev–Trinajstić information content (AvgIpc) is 2.51. The fraction of sp³-hybridized carbons (Fsp3) is 0.125. The summed E-state index contributed by atoms with van der Waals surface area (Å²) in [6, 6.07) is 4.92. The summed E-state index contributed by atoms with van der Waals surface area (Å²) in [7, 11) is 0. The normalized spacial score (nSPS) is 11.2. The van der Waals surface area contributed by atoms with Crippen LogP contribution >= 0.6 is 11.6 Å². The van der Waals surface area contributed by atoms with Gasteiger partial charge in [-0.1, -0.05) is 11.6 Å². The Hall–Kier alpha value is -2.68. The molecule has 2 amide bonds. The van der Waals surface area contributed by atoms with E-state index in [-0.39, 0.29) is 16.4 Å². The van der Waals surface area contributed by atoms with Crippen LogP contribution in [-0.2, 0) is 15.8 Å². The van der Waals surface area contributed by atoms with Crippen LogP contribution in [0.1, 0.15) is 12.0 Å². The lowest BCUT2D eigenvalue weighted by Gasteiger charge is -2.12. The SMILES string of the molecule is O=C(CC(=O)Nc1cc(C(F)(F)F)ccc1Cl)Nc1ccc(F)c(F)c1. The Morgan fingerprint density at radius 2 is 1.58 bits per heavy atom. The van der Waals surface area contributed by atoms with Crippen LogP contribution in [0.2, 0.25) is 5.02 Å². The van der Waals surface area contributed by atoms with E-state index in [0.29, 0.717) is 6.07 Å². The number of anilines is 2. The van der Waals surface area contributed by atoms with E-state index >= 15 is 0 Å². The fourth-order valence-electron chi connectivity index (χ4n) is 1.92. The number of hydrogen-bond donors (Lipinski definition) is 2. The molecule has 0 aliphatic heterocycles. The quantitative estimate of drug-likeness (QED) is 0.590. The van der Waals surface area contributed by atoms with Gasteiger partial charge in [0.1, 0.15) is 6.42 Å². The van der Waals surface area contributed by atoms with Gasteiger partial charge in [0, 0.05) is 11.8 Å². The van der Waals surface area contributed by atoms with Crippen molar-refractivity contribution in [1.82, 2.24) is 0 Å². The molecule has 0 aromatic heterocycles.